The van der Waals surface area contributed by atoms with Gasteiger partial charge >= 0.3 is 0 Å². The number of carbonyl (C=O) groups excluding carboxylic acids is 1. The van der Waals surface area contributed by atoms with Gasteiger partial charge in [-0.15, -0.1) is 5.10 Å². The summed E-state index contributed by atoms with van der Waals surface area (Å²) < 4.78 is 18.5. The number of nitrogens with one attached hydrogen (secondary N) is 2. The predicted octanol–water partition coefficient (Wildman–Crippen LogP) is 4.90. The Morgan fingerprint density at radius 2 is 1.88 bits per heavy atom. The second-order valence-electron chi connectivity index (χ2n) is 10.7. The van der Waals surface area contributed by atoms with Crippen molar-refractivity contribution in [3.63, 3.8) is 0 Å². The molecule has 10 nitrogen and oxygen atoms in total. The molecule has 0 bridgehead atoms. The predicted molar refractivity (Wildman–Crippen MR) is 151 cm³/mol. The van der Waals surface area contributed by atoms with E-state index in [2.05, 4.69) is 30.8 Å². The Balaban J connectivity index is 1.27. The van der Waals surface area contributed by atoms with E-state index in [-0.39, 0.29) is 29.0 Å². The summed E-state index contributed by atoms with van der Waals surface area (Å²) in [6, 6.07) is 13.8. The molecule has 0 spiro atoms. The van der Waals surface area contributed by atoms with Crippen LogP contribution in [0.25, 0.3) is 28.1 Å². The Morgan fingerprint density at radius 3 is 2.68 bits per heavy atom. The summed E-state index contributed by atoms with van der Waals surface area (Å²) >= 11 is 6.33. The number of H-pyrrole nitrogens is 1. The summed E-state index contributed by atoms with van der Waals surface area (Å²) in [5, 5.41) is 14.8. The van der Waals surface area contributed by atoms with Gasteiger partial charge in [0.15, 0.2) is 0 Å². The number of benzene rings is 2. The Morgan fingerprint density at radius 1 is 1.02 bits per heavy atom. The van der Waals surface area contributed by atoms with Gasteiger partial charge in [0.2, 0.25) is 11.9 Å². The van der Waals surface area contributed by atoms with E-state index in [0.29, 0.717) is 46.1 Å². The lowest BCUT2D eigenvalue weighted by molar-refractivity contribution is -0.119. The molecule has 0 saturated heterocycles. The van der Waals surface area contributed by atoms with E-state index in [1.165, 1.54) is 11.0 Å². The Labute approximate surface area is 238 Å². The summed E-state index contributed by atoms with van der Waals surface area (Å²) in [5.74, 6) is -0.430. The molecule has 0 aliphatic carbocycles. The van der Waals surface area contributed by atoms with Crippen molar-refractivity contribution in [2.45, 2.75) is 38.6 Å². The third-order valence-electron chi connectivity index (χ3n) is 7.98. The third kappa shape index (κ3) is 4.24. The van der Waals surface area contributed by atoms with Gasteiger partial charge in [0, 0.05) is 39.5 Å². The summed E-state index contributed by atoms with van der Waals surface area (Å²) in [5.41, 5.74) is 5.23. The highest BCUT2D eigenvalue weighted by Gasteiger charge is 2.34. The highest BCUT2D eigenvalue weighted by molar-refractivity contribution is 6.31. The smallest absolute Gasteiger partial charge is 0.252 e. The molecule has 1 amide bonds. The molecule has 2 aromatic carbocycles. The monoisotopic (exact) mass is 570 g/mol. The molecule has 2 aliphatic heterocycles. The second-order valence-corrected chi connectivity index (χ2v) is 11.1. The van der Waals surface area contributed by atoms with Gasteiger partial charge in [-0.05, 0) is 76.7 Å². The van der Waals surface area contributed by atoms with Gasteiger partial charge in [-0.3, -0.25) is 9.59 Å². The van der Waals surface area contributed by atoms with Crippen LogP contribution in [0.2, 0.25) is 5.02 Å². The fourth-order valence-electron chi connectivity index (χ4n) is 5.91. The SMILES string of the molecule is CC1Cc2cc(-c3[nH]c([C@@H]4C[C@@H](C)c5cc(-c6cc(Cl)ccc6-n6cnnn6)cc(=O)n54)nc3F)ccc2NC1=O. The Bertz CT molecular complexity index is 1900. The zero-order valence-corrected chi connectivity index (χ0v) is 22.9. The van der Waals surface area contributed by atoms with Crippen LogP contribution < -0.4 is 10.9 Å². The molecule has 1 unspecified atom stereocenters. The number of tetrazole rings is 1. The average molecular weight is 571 g/mol. The molecular formula is C29H24ClFN8O2. The maximum absolute atomic E-state index is 15.3. The number of hydrogen-bond donors (Lipinski definition) is 2. The molecule has 0 radical (unpaired) electrons. The van der Waals surface area contributed by atoms with Gasteiger partial charge in [-0.2, -0.15) is 9.07 Å². The molecular weight excluding hydrogens is 547 g/mol. The van der Waals surface area contributed by atoms with Crippen LogP contribution in [0.3, 0.4) is 0 Å². The number of fused-ring (bicyclic) bond motifs is 2. The lowest BCUT2D eigenvalue weighted by atomic mass is 9.93. The quantitative estimate of drug-likeness (QED) is 0.317. The number of aromatic amines is 1. The third-order valence-corrected chi connectivity index (χ3v) is 8.21. The zero-order valence-electron chi connectivity index (χ0n) is 22.1. The number of nitrogens with zero attached hydrogens (tertiary/aromatic N) is 6. The van der Waals surface area contributed by atoms with Crippen LogP contribution in [0.4, 0.5) is 10.1 Å². The highest BCUT2D eigenvalue weighted by Crippen LogP contribution is 2.41. The molecule has 0 saturated carbocycles. The lowest BCUT2D eigenvalue weighted by Gasteiger charge is -2.22. The number of aromatic nitrogens is 7. The van der Waals surface area contributed by atoms with Crippen LogP contribution in [0.1, 0.15) is 49.3 Å². The fourth-order valence-corrected chi connectivity index (χ4v) is 6.08. The number of pyridine rings is 1. The summed E-state index contributed by atoms with van der Waals surface area (Å²) in [4.78, 5) is 33.0. The van der Waals surface area contributed by atoms with Crippen molar-refractivity contribution in [2.75, 3.05) is 5.32 Å². The van der Waals surface area contributed by atoms with Crippen molar-refractivity contribution < 1.29 is 9.18 Å². The van der Waals surface area contributed by atoms with Gasteiger partial charge in [-0.25, -0.2) is 4.98 Å². The number of anilines is 1. The Kier molecular flexibility index (Phi) is 5.86. The van der Waals surface area contributed by atoms with Gasteiger partial charge < -0.3 is 14.9 Å². The maximum atomic E-state index is 15.3. The van der Waals surface area contributed by atoms with Gasteiger partial charge in [0.1, 0.15) is 17.8 Å². The first-order valence-corrected chi connectivity index (χ1v) is 13.6. The number of carbonyl (C=O) groups is 1. The largest absolute Gasteiger partial charge is 0.338 e. The molecule has 7 rings (SSSR count). The fraction of sp³-hybridized carbons (Fsp3) is 0.241. The van der Waals surface area contributed by atoms with Crippen LogP contribution in [-0.4, -0.2) is 40.6 Å². The number of rotatable bonds is 4. The minimum Gasteiger partial charge on any atom is -0.338 e. The molecule has 5 heterocycles. The molecule has 3 atom stereocenters. The van der Waals surface area contributed by atoms with Crippen LogP contribution in [-0.2, 0) is 11.2 Å². The molecule has 2 aliphatic rings. The van der Waals surface area contributed by atoms with Crippen molar-refractivity contribution in [2.24, 2.45) is 5.92 Å². The van der Waals surface area contributed by atoms with Gasteiger partial charge in [0.25, 0.3) is 5.56 Å². The van der Waals surface area contributed by atoms with E-state index in [9.17, 15) is 9.59 Å². The van der Waals surface area contributed by atoms with E-state index in [1.54, 1.807) is 41.0 Å². The van der Waals surface area contributed by atoms with Crippen molar-refractivity contribution in [1.29, 1.82) is 0 Å². The number of halogens is 2. The van der Waals surface area contributed by atoms with E-state index < -0.39 is 12.0 Å². The van der Waals surface area contributed by atoms with Crippen molar-refractivity contribution in [1.82, 2.24) is 34.7 Å². The minimum atomic E-state index is -0.636. The first kappa shape index (κ1) is 25.3. The lowest BCUT2D eigenvalue weighted by Crippen LogP contribution is -2.27. The molecule has 3 aromatic heterocycles. The second kappa shape index (κ2) is 9.48. The molecule has 2 N–H and O–H groups in total. The summed E-state index contributed by atoms with van der Waals surface area (Å²) in [7, 11) is 0. The normalized spacial score (nSPS) is 19.6. The van der Waals surface area contributed by atoms with E-state index >= 15 is 4.39 Å². The maximum Gasteiger partial charge on any atom is 0.252 e. The molecule has 206 valence electrons. The Hall–Kier alpha value is -4.64. The topological polar surface area (TPSA) is 123 Å². The van der Waals surface area contributed by atoms with Gasteiger partial charge in [0.05, 0.1) is 11.7 Å². The summed E-state index contributed by atoms with van der Waals surface area (Å²) in [6.07, 6.45) is 2.63. The van der Waals surface area contributed by atoms with Crippen LogP contribution in [0, 0.1) is 11.9 Å². The molecule has 41 heavy (non-hydrogen) atoms. The van der Waals surface area contributed by atoms with Crippen molar-refractivity contribution in [3.8, 4) is 28.1 Å². The average Bonchev–Trinajstić information content (AvgIpc) is 3.69. The molecule has 12 heteroatoms. The number of imidazole rings is 1. The van der Waals surface area contributed by atoms with Crippen LogP contribution >= 0.6 is 11.6 Å². The highest BCUT2D eigenvalue weighted by atomic mass is 35.5. The van der Waals surface area contributed by atoms with E-state index in [0.717, 1.165) is 16.9 Å². The molecule has 5 aromatic rings. The van der Waals surface area contributed by atoms with Gasteiger partial charge in [-0.1, -0.05) is 31.5 Å². The molecule has 0 fully saturated rings. The van der Waals surface area contributed by atoms with E-state index in [1.807, 2.05) is 26.0 Å². The standard InChI is InChI=1S/C29H24ClFN8O2/c1-14-8-24(28-34-26(27(31)35-28)16-3-5-21-18(9-16)7-15(2)29(41)33-21)39-23(14)10-17(11-25(39)40)20-12-19(30)4-6-22(20)38-13-32-36-37-38/h3-6,9-15,24H,7-8H2,1-2H3,(H,33,41)(H,34,35)/t14-,15?,24+/m1/s1. The number of hydrogen-bond acceptors (Lipinski definition) is 6. The number of amides is 1. The first-order valence-electron chi connectivity index (χ1n) is 13.3. The van der Waals surface area contributed by atoms with Crippen molar-refractivity contribution in [3.05, 3.63) is 93.3 Å². The van der Waals surface area contributed by atoms with Crippen LogP contribution in [0.15, 0.2) is 59.7 Å². The minimum absolute atomic E-state index is 0.00813. The van der Waals surface area contributed by atoms with Crippen LogP contribution in [0.5, 0.6) is 0 Å². The van der Waals surface area contributed by atoms with E-state index in [4.69, 9.17) is 11.6 Å². The first-order chi connectivity index (χ1) is 19.8. The summed E-state index contributed by atoms with van der Waals surface area (Å²) in [6.45, 7) is 3.90. The van der Waals surface area contributed by atoms with Crippen molar-refractivity contribution >= 4 is 23.2 Å². The zero-order chi connectivity index (χ0) is 28.4.